The van der Waals surface area contributed by atoms with Gasteiger partial charge in [0, 0.05) is 16.2 Å². The Morgan fingerprint density at radius 1 is 0.919 bits per heavy atom. The standard InChI is InChI=1S/C26H42N8O3/c1-21-8-7-16(31-33-19(27)28)12-15(21)6-9-23(3)22(2)10-11-26(37,17(14-35)32-34-20(29)30)24(22,4)13-18(36)25(21,23)5/h7-8,12,18,35-37H,6,9-11,13-14H2,1-5H3,(H4,27,28,33)(H4,29,30,34)/b31-16-,32-17+/t18-,21-,22-,23-,24-,25+,26-/m0/s1. The molecule has 0 bridgehead atoms. The van der Waals surface area contributed by atoms with Gasteiger partial charge in [0.2, 0.25) is 11.9 Å². The summed E-state index contributed by atoms with van der Waals surface area (Å²) in [6.45, 7) is 10.4. The smallest absolute Gasteiger partial charge is 0.211 e. The van der Waals surface area contributed by atoms with Crippen LogP contribution in [-0.4, -0.2) is 57.0 Å². The second kappa shape index (κ2) is 8.37. The van der Waals surface area contributed by atoms with E-state index >= 15 is 0 Å². The van der Waals surface area contributed by atoms with E-state index in [-0.39, 0.29) is 17.6 Å². The van der Waals surface area contributed by atoms with Gasteiger partial charge >= 0.3 is 0 Å². The lowest BCUT2D eigenvalue weighted by atomic mass is 9.30. The monoisotopic (exact) mass is 514 g/mol. The third-order valence-electron chi connectivity index (χ3n) is 11.5. The summed E-state index contributed by atoms with van der Waals surface area (Å²) in [4.78, 5) is 0. The lowest BCUT2D eigenvalue weighted by Gasteiger charge is -2.74. The number of rotatable bonds is 4. The summed E-state index contributed by atoms with van der Waals surface area (Å²) in [6.07, 6.45) is 8.26. The normalized spacial score (nSPS) is 45.9. The molecule has 4 rings (SSSR count). The van der Waals surface area contributed by atoms with Crippen LogP contribution in [0.25, 0.3) is 0 Å². The molecule has 0 aromatic heterocycles. The molecule has 4 aliphatic rings. The third-order valence-corrected chi connectivity index (χ3v) is 11.5. The SMILES string of the molecule is C[C@@]12CC[C@](O)(/C(CO)=N/N=C(N)N)[C@@]1(C)C[C@H](O)[C@@]1(C)[C@@]2(C)CCC2=C/C(=N\N=C(N)N)C=C[C@@]21C. The van der Waals surface area contributed by atoms with Gasteiger partial charge in [-0.1, -0.05) is 46.3 Å². The predicted molar refractivity (Wildman–Crippen MR) is 145 cm³/mol. The van der Waals surface area contributed by atoms with Crippen molar-refractivity contribution in [2.45, 2.75) is 78.4 Å². The van der Waals surface area contributed by atoms with Gasteiger partial charge < -0.3 is 38.3 Å². The van der Waals surface area contributed by atoms with Gasteiger partial charge in [0.1, 0.15) is 5.60 Å². The maximum atomic E-state index is 12.2. The number of nitrogens with two attached hydrogens (primary N) is 4. The van der Waals surface area contributed by atoms with Crippen molar-refractivity contribution in [1.29, 1.82) is 0 Å². The average molecular weight is 515 g/mol. The van der Waals surface area contributed by atoms with E-state index in [0.29, 0.717) is 25.0 Å². The number of guanidine groups is 2. The number of nitrogens with zero attached hydrogens (tertiary/aromatic N) is 4. The van der Waals surface area contributed by atoms with Crippen molar-refractivity contribution in [2.75, 3.05) is 6.61 Å². The molecule has 0 aromatic rings. The predicted octanol–water partition coefficient (Wildman–Crippen LogP) is 0.849. The highest BCUT2D eigenvalue weighted by Crippen LogP contribution is 2.81. The van der Waals surface area contributed by atoms with Crippen LogP contribution in [0, 0.1) is 27.1 Å². The third kappa shape index (κ3) is 3.23. The fourth-order valence-corrected chi connectivity index (χ4v) is 8.67. The number of allylic oxidation sites excluding steroid dienone is 4. The molecule has 11 heteroatoms. The van der Waals surface area contributed by atoms with Crippen molar-refractivity contribution in [3.05, 3.63) is 23.8 Å². The van der Waals surface area contributed by atoms with Crippen molar-refractivity contribution in [2.24, 2.45) is 70.4 Å². The molecule has 0 spiro atoms. The molecule has 3 fully saturated rings. The molecule has 0 heterocycles. The molecular formula is C26H42N8O3. The molecule has 11 nitrogen and oxygen atoms in total. The molecule has 37 heavy (non-hydrogen) atoms. The van der Waals surface area contributed by atoms with Gasteiger partial charge in [-0.3, -0.25) is 0 Å². The molecule has 0 unspecified atom stereocenters. The summed E-state index contributed by atoms with van der Waals surface area (Å²) in [7, 11) is 0. The van der Waals surface area contributed by atoms with Crippen LogP contribution in [0.5, 0.6) is 0 Å². The lowest BCUT2D eigenvalue weighted by molar-refractivity contribution is -0.274. The first-order chi connectivity index (χ1) is 17.1. The van der Waals surface area contributed by atoms with E-state index < -0.39 is 45.4 Å². The summed E-state index contributed by atoms with van der Waals surface area (Å²) in [5.74, 6) is -0.361. The quantitative estimate of drug-likeness (QED) is 0.163. The van der Waals surface area contributed by atoms with Gasteiger partial charge in [-0.25, -0.2) is 0 Å². The zero-order valence-corrected chi connectivity index (χ0v) is 22.5. The van der Waals surface area contributed by atoms with Crippen LogP contribution in [0.15, 0.2) is 44.2 Å². The minimum atomic E-state index is -1.49. The molecule has 0 radical (unpaired) electrons. The highest BCUT2D eigenvalue weighted by Gasteiger charge is 2.79. The molecule has 11 N–H and O–H groups in total. The first-order valence-electron chi connectivity index (χ1n) is 12.8. The highest BCUT2D eigenvalue weighted by molar-refractivity contribution is 6.06. The fraction of sp³-hybridized carbons (Fsp3) is 0.692. The Morgan fingerprint density at radius 2 is 1.57 bits per heavy atom. The highest BCUT2D eigenvalue weighted by atomic mass is 16.3. The van der Waals surface area contributed by atoms with Crippen LogP contribution >= 0.6 is 0 Å². The maximum Gasteiger partial charge on any atom is 0.211 e. The summed E-state index contributed by atoms with van der Waals surface area (Å²) in [5, 5.41) is 50.2. The molecule has 7 atom stereocenters. The average Bonchev–Trinajstić information content (AvgIpc) is 3.03. The zero-order chi connectivity index (χ0) is 27.7. The molecule has 3 saturated carbocycles. The first-order valence-corrected chi connectivity index (χ1v) is 12.8. The molecule has 204 valence electrons. The van der Waals surface area contributed by atoms with Crippen LogP contribution in [0.2, 0.25) is 0 Å². The van der Waals surface area contributed by atoms with Gasteiger partial charge in [0.15, 0.2) is 0 Å². The van der Waals surface area contributed by atoms with E-state index in [0.717, 1.165) is 12.8 Å². The van der Waals surface area contributed by atoms with Crippen molar-refractivity contribution in [1.82, 2.24) is 0 Å². The van der Waals surface area contributed by atoms with Gasteiger partial charge in [-0.2, -0.15) is 5.10 Å². The van der Waals surface area contributed by atoms with E-state index in [2.05, 4.69) is 54.2 Å². The number of aliphatic hydroxyl groups is 3. The summed E-state index contributed by atoms with van der Waals surface area (Å²) in [6, 6.07) is 0. The van der Waals surface area contributed by atoms with E-state index in [1.54, 1.807) is 0 Å². The largest absolute Gasteiger partial charge is 0.392 e. The Kier molecular flexibility index (Phi) is 6.17. The second-order valence-electron chi connectivity index (χ2n) is 12.3. The number of fused-ring (bicyclic) bond motifs is 5. The lowest BCUT2D eigenvalue weighted by Crippen LogP contribution is -2.73. The van der Waals surface area contributed by atoms with Crippen molar-refractivity contribution >= 4 is 23.3 Å². The number of hydrogen-bond donors (Lipinski definition) is 7. The van der Waals surface area contributed by atoms with E-state index in [9.17, 15) is 15.3 Å². The van der Waals surface area contributed by atoms with Crippen LogP contribution in [0.3, 0.4) is 0 Å². The second-order valence-corrected chi connectivity index (χ2v) is 12.3. The maximum absolute atomic E-state index is 12.2. The Hall–Kier alpha value is -2.76. The fourth-order valence-electron chi connectivity index (χ4n) is 8.67. The Balaban J connectivity index is 1.85. The molecule has 4 aliphatic carbocycles. The Morgan fingerprint density at radius 3 is 2.16 bits per heavy atom. The summed E-state index contributed by atoms with van der Waals surface area (Å²) >= 11 is 0. The van der Waals surface area contributed by atoms with Crippen molar-refractivity contribution in [3.8, 4) is 0 Å². The van der Waals surface area contributed by atoms with Gasteiger partial charge in [0.05, 0.1) is 24.1 Å². The Labute approximate surface area is 218 Å². The molecule has 0 amide bonds. The van der Waals surface area contributed by atoms with Crippen LogP contribution in [0.1, 0.15) is 66.7 Å². The van der Waals surface area contributed by atoms with Crippen molar-refractivity contribution in [3.63, 3.8) is 0 Å². The zero-order valence-electron chi connectivity index (χ0n) is 22.5. The van der Waals surface area contributed by atoms with Gasteiger partial charge in [0.25, 0.3) is 0 Å². The van der Waals surface area contributed by atoms with Crippen LogP contribution in [-0.2, 0) is 0 Å². The van der Waals surface area contributed by atoms with Crippen LogP contribution < -0.4 is 22.9 Å². The molecule has 0 aromatic carbocycles. The van der Waals surface area contributed by atoms with Gasteiger partial charge in [-0.05, 0) is 55.1 Å². The molecular weight excluding hydrogens is 472 g/mol. The van der Waals surface area contributed by atoms with Gasteiger partial charge in [-0.15, -0.1) is 15.3 Å². The first kappa shape index (κ1) is 27.3. The Bertz CT molecular complexity index is 1170. The van der Waals surface area contributed by atoms with Crippen molar-refractivity contribution < 1.29 is 15.3 Å². The number of hydrogen-bond acceptors (Lipinski definition) is 7. The van der Waals surface area contributed by atoms with Crippen LogP contribution in [0.4, 0.5) is 0 Å². The minimum Gasteiger partial charge on any atom is -0.392 e. The number of aliphatic hydroxyl groups excluding tert-OH is 2. The molecule has 0 aliphatic heterocycles. The van der Waals surface area contributed by atoms with E-state index in [1.807, 2.05) is 19.1 Å². The summed E-state index contributed by atoms with van der Waals surface area (Å²) < 4.78 is 0. The molecule has 0 saturated heterocycles. The van der Waals surface area contributed by atoms with E-state index in [1.165, 1.54) is 5.57 Å². The minimum absolute atomic E-state index is 0.106. The topological polar surface area (TPSA) is 214 Å². The summed E-state index contributed by atoms with van der Waals surface area (Å²) in [5.41, 5.74) is 19.7. The van der Waals surface area contributed by atoms with E-state index in [4.69, 9.17) is 22.9 Å².